The third-order valence-electron chi connectivity index (χ3n) is 1.66. The first-order chi connectivity index (χ1) is 7.87. The van der Waals surface area contributed by atoms with Crippen molar-refractivity contribution in [1.29, 1.82) is 0 Å². The SMILES string of the molecule is CC(C)(C)Nc1nc(CCOCC(F)F)ns1. The van der Waals surface area contributed by atoms with E-state index in [9.17, 15) is 8.78 Å². The van der Waals surface area contributed by atoms with Gasteiger partial charge in [0.15, 0.2) is 0 Å². The van der Waals surface area contributed by atoms with Gasteiger partial charge in [0.1, 0.15) is 12.4 Å². The Morgan fingerprint density at radius 2 is 2.12 bits per heavy atom. The van der Waals surface area contributed by atoms with E-state index in [0.29, 0.717) is 12.2 Å². The zero-order valence-corrected chi connectivity index (χ0v) is 11.0. The van der Waals surface area contributed by atoms with Gasteiger partial charge in [-0.15, -0.1) is 0 Å². The molecule has 98 valence electrons. The van der Waals surface area contributed by atoms with Gasteiger partial charge in [0.05, 0.1) is 6.61 Å². The molecule has 7 heteroatoms. The molecule has 0 saturated carbocycles. The third-order valence-corrected chi connectivity index (χ3v) is 2.33. The second-order valence-corrected chi connectivity index (χ2v) is 5.36. The molecule has 0 spiro atoms. The van der Waals surface area contributed by atoms with E-state index in [1.165, 1.54) is 11.5 Å². The van der Waals surface area contributed by atoms with Crippen LogP contribution < -0.4 is 5.32 Å². The van der Waals surface area contributed by atoms with Gasteiger partial charge in [-0.3, -0.25) is 0 Å². The summed E-state index contributed by atoms with van der Waals surface area (Å²) in [6, 6.07) is 0. The fraction of sp³-hybridized carbons (Fsp3) is 0.800. The number of hydrogen-bond donors (Lipinski definition) is 1. The molecule has 0 atom stereocenters. The van der Waals surface area contributed by atoms with Crippen molar-refractivity contribution in [2.75, 3.05) is 18.5 Å². The summed E-state index contributed by atoms with van der Waals surface area (Å²) in [7, 11) is 0. The minimum atomic E-state index is -2.42. The molecule has 17 heavy (non-hydrogen) atoms. The Kier molecular flexibility index (Phi) is 5.20. The van der Waals surface area contributed by atoms with Gasteiger partial charge in [0.25, 0.3) is 6.43 Å². The molecule has 0 unspecified atom stereocenters. The molecular formula is C10H17F2N3OS. The molecule has 4 nitrogen and oxygen atoms in total. The Labute approximate surface area is 104 Å². The van der Waals surface area contributed by atoms with Gasteiger partial charge >= 0.3 is 0 Å². The summed E-state index contributed by atoms with van der Waals surface area (Å²) < 4.78 is 32.5. The lowest BCUT2D eigenvalue weighted by molar-refractivity contribution is 0.0183. The van der Waals surface area contributed by atoms with Crippen LogP contribution in [0.25, 0.3) is 0 Å². The molecule has 1 heterocycles. The van der Waals surface area contributed by atoms with Crippen LogP contribution in [0.2, 0.25) is 0 Å². The zero-order chi connectivity index (χ0) is 12.9. The summed E-state index contributed by atoms with van der Waals surface area (Å²) in [5, 5.41) is 3.93. The lowest BCUT2D eigenvalue weighted by atomic mass is 10.1. The molecule has 1 aromatic rings. The summed E-state index contributed by atoms with van der Waals surface area (Å²) in [6.45, 7) is 5.77. The second kappa shape index (κ2) is 6.20. The third kappa shape index (κ3) is 6.48. The Morgan fingerprint density at radius 3 is 2.71 bits per heavy atom. The molecule has 0 bridgehead atoms. The van der Waals surface area contributed by atoms with Crippen LogP contribution in [-0.4, -0.2) is 34.5 Å². The molecule has 0 aliphatic heterocycles. The van der Waals surface area contributed by atoms with E-state index in [1.807, 2.05) is 20.8 Å². The second-order valence-electron chi connectivity index (χ2n) is 4.61. The number of rotatable bonds is 6. The monoisotopic (exact) mass is 265 g/mol. The Balaban J connectivity index is 2.31. The summed E-state index contributed by atoms with van der Waals surface area (Å²) >= 11 is 1.26. The number of halogens is 2. The highest BCUT2D eigenvalue weighted by Crippen LogP contribution is 2.16. The molecule has 0 saturated heterocycles. The molecule has 0 aliphatic carbocycles. The van der Waals surface area contributed by atoms with Gasteiger partial charge < -0.3 is 10.1 Å². The van der Waals surface area contributed by atoms with Crippen LogP contribution in [0.5, 0.6) is 0 Å². The minimum absolute atomic E-state index is 0.0665. The van der Waals surface area contributed by atoms with Crippen molar-refractivity contribution in [2.45, 2.75) is 39.2 Å². The highest BCUT2D eigenvalue weighted by atomic mass is 32.1. The average Bonchev–Trinajstić information content (AvgIpc) is 2.57. The first kappa shape index (κ1) is 14.2. The van der Waals surface area contributed by atoms with Crippen LogP contribution in [0.3, 0.4) is 0 Å². The van der Waals surface area contributed by atoms with E-state index in [1.54, 1.807) is 0 Å². The lowest BCUT2D eigenvalue weighted by Gasteiger charge is -2.18. The molecule has 0 fully saturated rings. The number of ether oxygens (including phenoxy) is 1. The summed E-state index contributed by atoms with van der Waals surface area (Å²) in [6.07, 6.45) is -1.97. The van der Waals surface area contributed by atoms with E-state index in [4.69, 9.17) is 4.74 Å². The highest BCUT2D eigenvalue weighted by molar-refractivity contribution is 7.09. The molecule has 0 aliphatic rings. The van der Waals surface area contributed by atoms with Gasteiger partial charge in [-0.2, -0.15) is 4.37 Å². The largest absolute Gasteiger partial charge is 0.375 e. The summed E-state index contributed by atoms with van der Waals surface area (Å²) in [5.74, 6) is 0.621. The van der Waals surface area contributed by atoms with Crippen LogP contribution in [0.15, 0.2) is 0 Å². The first-order valence-corrected chi connectivity index (χ1v) is 6.11. The van der Waals surface area contributed by atoms with Gasteiger partial charge in [-0.05, 0) is 20.8 Å². The van der Waals surface area contributed by atoms with E-state index in [-0.39, 0.29) is 12.1 Å². The maximum Gasteiger partial charge on any atom is 0.261 e. The lowest BCUT2D eigenvalue weighted by Crippen LogP contribution is -2.25. The molecule has 1 N–H and O–H groups in total. The van der Waals surface area contributed by atoms with E-state index in [0.717, 1.165) is 5.13 Å². The Hall–Kier alpha value is -0.820. The number of alkyl halides is 2. The van der Waals surface area contributed by atoms with Crippen LogP contribution in [0, 0.1) is 0 Å². The maximum atomic E-state index is 11.8. The van der Waals surface area contributed by atoms with Crippen LogP contribution >= 0.6 is 11.5 Å². The molecule has 0 aromatic carbocycles. The Morgan fingerprint density at radius 1 is 1.41 bits per heavy atom. The molecular weight excluding hydrogens is 248 g/mol. The molecule has 0 amide bonds. The van der Waals surface area contributed by atoms with E-state index >= 15 is 0 Å². The van der Waals surface area contributed by atoms with Crippen molar-refractivity contribution in [3.63, 3.8) is 0 Å². The summed E-state index contributed by atoms with van der Waals surface area (Å²) in [4.78, 5) is 4.24. The highest BCUT2D eigenvalue weighted by Gasteiger charge is 2.12. The number of nitrogens with zero attached hydrogens (tertiary/aromatic N) is 2. The maximum absolute atomic E-state index is 11.8. The molecule has 1 rings (SSSR count). The normalized spacial score (nSPS) is 12.1. The zero-order valence-electron chi connectivity index (χ0n) is 10.2. The average molecular weight is 265 g/mol. The van der Waals surface area contributed by atoms with Crippen molar-refractivity contribution < 1.29 is 13.5 Å². The van der Waals surface area contributed by atoms with Gasteiger partial charge in [-0.1, -0.05) is 0 Å². The van der Waals surface area contributed by atoms with E-state index < -0.39 is 13.0 Å². The number of aromatic nitrogens is 2. The predicted octanol–water partition coefficient (Wildman–Crippen LogP) is 2.57. The fourth-order valence-corrected chi connectivity index (χ4v) is 1.88. The topological polar surface area (TPSA) is 47.0 Å². The Bertz CT molecular complexity index is 339. The van der Waals surface area contributed by atoms with Crippen molar-refractivity contribution in [2.24, 2.45) is 0 Å². The van der Waals surface area contributed by atoms with Gasteiger partial charge in [-0.25, -0.2) is 13.8 Å². The molecule has 0 radical (unpaired) electrons. The van der Waals surface area contributed by atoms with Crippen LogP contribution in [0.4, 0.5) is 13.9 Å². The fourth-order valence-electron chi connectivity index (χ4n) is 1.06. The molecule has 1 aromatic heterocycles. The van der Waals surface area contributed by atoms with Crippen molar-refractivity contribution >= 4 is 16.7 Å². The number of nitrogens with one attached hydrogen (secondary N) is 1. The predicted molar refractivity (Wildman–Crippen MR) is 63.8 cm³/mol. The van der Waals surface area contributed by atoms with Gasteiger partial charge in [0.2, 0.25) is 5.13 Å². The van der Waals surface area contributed by atoms with Crippen molar-refractivity contribution in [3.8, 4) is 0 Å². The minimum Gasteiger partial charge on any atom is -0.375 e. The van der Waals surface area contributed by atoms with Crippen LogP contribution in [0.1, 0.15) is 26.6 Å². The number of anilines is 1. The van der Waals surface area contributed by atoms with Crippen molar-refractivity contribution in [1.82, 2.24) is 9.36 Å². The van der Waals surface area contributed by atoms with E-state index in [2.05, 4.69) is 14.7 Å². The summed E-state index contributed by atoms with van der Waals surface area (Å²) in [5.41, 5.74) is -0.0665. The van der Waals surface area contributed by atoms with Gasteiger partial charge in [0, 0.05) is 23.5 Å². The first-order valence-electron chi connectivity index (χ1n) is 5.33. The van der Waals surface area contributed by atoms with Crippen LogP contribution in [-0.2, 0) is 11.2 Å². The standard InChI is InChI=1S/C10H17F2N3OS/c1-10(2,3)14-9-13-8(15-17-9)4-5-16-6-7(11)12/h7H,4-6H2,1-3H3,(H,13,14,15). The number of hydrogen-bond acceptors (Lipinski definition) is 5. The quantitative estimate of drug-likeness (QED) is 0.803. The smallest absolute Gasteiger partial charge is 0.261 e. The van der Waals surface area contributed by atoms with Crippen molar-refractivity contribution in [3.05, 3.63) is 5.82 Å².